The molecule has 0 saturated heterocycles. The van der Waals surface area contributed by atoms with Crippen LogP contribution in [0.25, 0.3) is 11.0 Å². The number of rotatable bonds is 6. The molecule has 27 heavy (non-hydrogen) atoms. The SMILES string of the molecule is CCN(CC)c1ncc(Cl)c(C(=O)N(C)C(C)c2cc3ccccc3o2)n1. The Morgan fingerprint density at radius 3 is 2.63 bits per heavy atom. The molecule has 0 bridgehead atoms. The third-order valence-corrected chi connectivity index (χ3v) is 5.01. The van der Waals surface area contributed by atoms with Crippen molar-refractivity contribution in [1.29, 1.82) is 0 Å². The fraction of sp³-hybridized carbons (Fsp3) is 0.350. The Bertz CT molecular complexity index is 919. The number of nitrogens with zero attached hydrogens (tertiary/aromatic N) is 4. The van der Waals surface area contributed by atoms with Crippen LogP contribution in [0.1, 0.15) is 43.1 Å². The van der Waals surface area contributed by atoms with E-state index in [1.165, 1.54) is 6.20 Å². The van der Waals surface area contributed by atoms with Crippen LogP contribution in [0.4, 0.5) is 5.95 Å². The van der Waals surface area contributed by atoms with Crippen molar-refractivity contribution in [3.63, 3.8) is 0 Å². The monoisotopic (exact) mass is 386 g/mol. The summed E-state index contributed by atoms with van der Waals surface area (Å²) in [4.78, 5) is 25.3. The normalized spacial score (nSPS) is 12.2. The largest absolute Gasteiger partial charge is 0.459 e. The molecule has 0 saturated carbocycles. The summed E-state index contributed by atoms with van der Waals surface area (Å²) in [5, 5.41) is 1.24. The average molecular weight is 387 g/mol. The van der Waals surface area contributed by atoms with E-state index in [4.69, 9.17) is 16.0 Å². The number of para-hydroxylation sites is 1. The van der Waals surface area contributed by atoms with E-state index in [2.05, 4.69) is 9.97 Å². The fourth-order valence-electron chi connectivity index (χ4n) is 2.91. The third kappa shape index (κ3) is 3.76. The van der Waals surface area contributed by atoms with Gasteiger partial charge in [-0.1, -0.05) is 29.8 Å². The first kappa shape index (κ1) is 19.2. The second-order valence-electron chi connectivity index (χ2n) is 6.32. The van der Waals surface area contributed by atoms with Crippen molar-refractivity contribution in [1.82, 2.24) is 14.9 Å². The van der Waals surface area contributed by atoms with Crippen molar-refractivity contribution in [2.75, 3.05) is 25.0 Å². The van der Waals surface area contributed by atoms with Gasteiger partial charge in [-0.3, -0.25) is 4.79 Å². The van der Waals surface area contributed by atoms with Crippen molar-refractivity contribution in [3.8, 4) is 0 Å². The summed E-state index contributed by atoms with van der Waals surface area (Å²) in [5.41, 5.74) is 0.989. The molecule has 1 unspecified atom stereocenters. The molecule has 142 valence electrons. The van der Waals surface area contributed by atoms with Gasteiger partial charge in [0.05, 0.1) is 17.3 Å². The van der Waals surface area contributed by atoms with Crippen LogP contribution >= 0.6 is 11.6 Å². The summed E-state index contributed by atoms with van der Waals surface area (Å²) < 4.78 is 5.90. The van der Waals surface area contributed by atoms with E-state index in [-0.39, 0.29) is 22.7 Å². The highest BCUT2D eigenvalue weighted by Gasteiger charge is 2.25. The maximum Gasteiger partial charge on any atom is 0.274 e. The van der Waals surface area contributed by atoms with Crippen LogP contribution in [0.2, 0.25) is 5.02 Å². The number of hydrogen-bond acceptors (Lipinski definition) is 5. The number of hydrogen-bond donors (Lipinski definition) is 0. The number of anilines is 1. The molecule has 2 heterocycles. The van der Waals surface area contributed by atoms with Crippen LogP contribution in [-0.2, 0) is 0 Å². The van der Waals surface area contributed by atoms with Crippen molar-refractivity contribution in [3.05, 3.63) is 53.0 Å². The molecule has 1 aromatic carbocycles. The summed E-state index contributed by atoms with van der Waals surface area (Å²) in [6, 6.07) is 9.45. The van der Waals surface area contributed by atoms with E-state index >= 15 is 0 Å². The first-order valence-electron chi connectivity index (χ1n) is 8.99. The first-order chi connectivity index (χ1) is 13.0. The highest BCUT2D eigenvalue weighted by Crippen LogP contribution is 2.28. The average Bonchev–Trinajstić information content (AvgIpc) is 3.12. The molecular formula is C20H23ClN4O2. The molecule has 0 N–H and O–H groups in total. The Hall–Kier alpha value is -2.60. The lowest BCUT2D eigenvalue weighted by molar-refractivity contribution is 0.0721. The van der Waals surface area contributed by atoms with Crippen molar-refractivity contribution in [2.24, 2.45) is 0 Å². The van der Waals surface area contributed by atoms with Gasteiger partial charge in [-0.25, -0.2) is 9.97 Å². The number of aromatic nitrogens is 2. The Morgan fingerprint density at radius 2 is 1.96 bits per heavy atom. The van der Waals surface area contributed by atoms with Crippen molar-refractivity contribution < 1.29 is 9.21 Å². The second kappa shape index (κ2) is 7.96. The molecule has 6 nitrogen and oxygen atoms in total. The van der Waals surface area contributed by atoms with Crippen LogP contribution < -0.4 is 4.90 Å². The summed E-state index contributed by atoms with van der Waals surface area (Å²) in [6.07, 6.45) is 1.48. The Balaban J connectivity index is 1.89. The smallest absolute Gasteiger partial charge is 0.274 e. The molecule has 0 spiro atoms. The summed E-state index contributed by atoms with van der Waals surface area (Å²) in [7, 11) is 1.72. The van der Waals surface area contributed by atoms with Crippen LogP contribution in [0, 0.1) is 0 Å². The van der Waals surface area contributed by atoms with Gasteiger partial charge in [0.15, 0.2) is 5.69 Å². The number of amides is 1. The molecular weight excluding hydrogens is 364 g/mol. The summed E-state index contributed by atoms with van der Waals surface area (Å²) in [5.74, 6) is 0.933. The lowest BCUT2D eigenvalue weighted by atomic mass is 10.2. The van der Waals surface area contributed by atoms with E-state index in [0.717, 1.165) is 24.1 Å². The lowest BCUT2D eigenvalue weighted by Gasteiger charge is -2.24. The van der Waals surface area contributed by atoms with Crippen LogP contribution in [-0.4, -0.2) is 40.9 Å². The van der Waals surface area contributed by atoms with Gasteiger partial charge in [0.25, 0.3) is 5.91 Å². The summed E-state index contributed by atoms with van der Waals surface area (Å²) in [6.45, 7) is 7.43. The van der Waals surface area contributed by atoms with E-state index in [9.17, 15) is 4.79 Å². The highest BCUT2D eigenvalue weighted by molar-refractivity contribution is 6.33. The maximum atomic E-state index is 13.0. The van der Waals surface area contributed by atoms with Gasteiger partial charge in [0.2, 0.25) is 5.95 Å². The molecule has 1 amide bonds. The minimum atomic E-state index is -0.274. The molecule has 1 atom stereocenters. The van der Waals surface area contributed by atoms with Gasteiger partial charge < -0.3 is 14.2 Å². The van der Waals surface area contributed by atoms with Gasteiger partial charge in [-0.15, -0.1) is 0 Å². The quantitative estimate of drug-likeness (QED) is 0.621. The molecule has 3 aromatic rings. The van der Waals surface area contributed by atoms with E-state index in [0.29, 0.717) is 11.7 Å². The van der Waals surface area contributed by atoms with E-state index in [1.54, 1.807) is 11.9 Å². The second-order valence-corrected chi connectivity index (χ2v) is 6.72. The standard InChI is InChI=1S/C20H23ClN4O2/c1-5-25(6-2)20-22-12-15(21)18(23-20)19(26)24(4)13(3)17-11-14-9-7-8-10-16(14)27-17/h7-13H,5-6H2,1-4H3. The Labute approximate surface area is 163 Å². The van der Waals surface area contributed by atoms with Gasteiger partial charge >= 0.3 is 0 Å². The number of furan rings is 1. The number of fused-ring (bicyclic) bond motifs is 1. The van der Waals surface area contributed by atoms with Crippen molar-refractivity contribution >= 4 is 34.4 Å². The topological polar surface area (TPSA) is 62.5 Å². The molecule has 7 heteroatoms. The Morgan fingerprint density at radius 1 is 1.26 bits per heavy atom. The molecule has 0 radical (unpaired) electrons. The minimum Gasteiger partial charge on any atom is -0.459 e. The van der Waals surface area contributed by atoms with E-state index < -0.39 is 0 Å². The zero-order chi connectivity index (χ0) is 19.6. The van der Waals surface area contributed by atoms with Gasteiger partial charge in [-0.05, 0) is 32.9 Å². The predicted octanol–water partition coefficient (Wildman–Crippen LogP) is 4.56. The first-order valence-corrected chi connectivity index (χ1v) is 9.37. The predicted molar refractivity (Wildman–Crippen MR) is 107 cm³/mol. The Kier molecular flexibility index (Phi) is 5.65. The number of benzene rings is 1. The van der Waals surface area contributed by atoms with Crippen molar-refractivity contribution in [2.45, 2.75) is 26.8 Å². The maximum absolute atomic E-state index is 13.0. The molecule has 0 aliphatic carbocycles. The van der Waals surface area contributed by atoms with Crippen LogP contribution in [0.5, 0.6) is 0 Å². The molecule has 0 aliphatic heterocycles. The lowest BCUT2D eigenvalue weighted by Crippen LogP contribution is -2.31. The van der Waals surface area contributed by atoms with Gasteiger partial charge in [0, 0.05) is 25.5 Å². The number of carbonyl (C=O) groups is 1. The fourth-order valence-corrected chi connectivity index (χ4v) is 3.08. The van der Waals surface area contributed by atoms with Crippen LogP contribution in [0.3, 0.4) is 0 Å². The molecule has 0 fully saturated rings. The molecule has 3 rings (SSSR count). The van der Waals surface area contributed by atoms with Gasteiger partial charge in [-0.2, -0.15) is 0 Å². The molecule has 2 aromatic heterocycles. The minimum absolute atomic E-state index is 0.194. The van der Waals surface area contributed by atoms with Crippen LogP contribution in [0.15, 0.2) is 40.9 Å². The zero-order valence-corrected chi connectivity index (χ0v) is 16.7. The van der Waals surface area contributed by atoms with Gasteiger partial charge in [0.1, 0.15) is 11.3 Å². The summed E-state index contributed by atoms with van der Waals surface area (Å²) >= 11 is 6.23. The third-order valence-electron chi connectivity index (χ3n) is 4.74. The number of halogens is 1. The highest BCUT2D eigenvalue weighted by atomic mass is 35.5. The zero-order valence-electron chi connectivity index (χ0n) is 15.9. The molecule has 0 aliphatic rings. The van der Waals surface area contributed by atoms with E-state index in [1.807, 2.05) is 56.0 Å². The number of carbonyl (C=O) groups excluding carboxylic acids is 1.